The first kappa shape index (κ1) is 22.5. The Hall–Kier alpha value is -3.23. The van der Waals surface area contributed by atoms with Crippen LogP contribution in [-0.2, 0) is 11.2 Å². The van der Waals surface area contributed by atoms with E-state index >= 15 is 0 Å². The van der Waals surface area contributed by atoms with Crippen molar-refractivity contribution in [3.63, 3.8) is 0 Å². The number of anilines is 3. The summed E-state index contributed by atoms with van der Waals surface area (Å²) in [6.45, 7) is 6.93. The second kappa shape index (κ2) is 10.2. The van der Waals surface area contributed by atoms with Gasteiger partial charge in [0.25, 0.3) is 5.69 Å². The molecule has 1 aliphatic heterocycles. The lowest BCUT2D eigenvalue weighted by Gasteiger charge is -2.34. The van der Waals surface area contributed by atoms with Crippen molar-refractivity contribution in [3.05, 3.63) is 45.6 Å². The SMILES string of the molecule is CCCCc1cc(N2CCC[C@@H](NC(C)=O)C2)nc(Nc2ccc(C)c([N+](=O)[O-])c2)n1. The molecule has 1 saturated heterocycles. The van der Waals surface area contributed by atoms with Crippen LogP contribution in [0.4, 0.5) is 23.1 Å². The van der Waals surface area contributed by atoms with E-state index in [2.05, 4.69) is 27.4 Å². The fraction of sp³-hybridized carbons (Fsp3) is 0.500. The Morgan fingerprint density at radius 3 is 2.84 bits per heavy atom. The smallest absolute Gasteiger partial charge is 0.274 e. The molecule has 9 nitrogen and oxygen atoms in total. The van der Waals surface area contributed by atoms with Crippen molar-refractivity contribution in [2.45, 2.75) is 58.9 Å². The third-order valence-corrected chi connectivity index (χ3v) is 5.37. The molecule has 2 heterocycles. The highest BCUT2D eigenvalue weighted by Gasteiger charge is 2.22. The summed E-state index contributed by atoms with van der Waals surface area (Å²) in [5, 5.41) is 17.4. The topological polar surface area (TPSA) is 113 Å². The quantitative estimate of drug-likeness (QED) is 0.486. The van der Waals surface area contributed by atoms with Gasteiger partial charge in [0, 0.05) is 55.1 Å². The molecule has 31 heavy (non-hydrogen) atoms. The van der Waals surface area contributed by atoms with Crippen LogP contribution < -0.4 is 15.5 Å². The zero-order valence-corrected chi connectivity index (χ0v) is 18.4. The Kier molecular flexibility index (Phi) is 7.38. The summed E-state index contributed by atoms with van der Waals surface area (Å²) in [7, 11) is 0. The van der Waals surface area contributed by atoms with Crippen molar-refractivity contribution < 1.29 is 9.72 Å². The minimum absolute atomic E-state index is 0.0264. The van der Waals surface area contributed by atoms with Crippen LogP contribution in [0.15, 0.2) is 24.3 Å². The third-order valence-electron chi connectivity index (χ3n) is 5.37. The molecule has 3 rings (SSSR count). The second-order valence-electron chi connectivity index (χ2n) is 8.01. The van der Waals surface area contributed by atoms with Crippen molar-refractivity contribution in [1.82, 2.24) is 15.3 Å². The van der Waals surface area contributed by atoms with Crippen LogP contribution in [0.1, 0.15) is 50.8 Å². The van der Waals surface area contributed by atoms with Crippen molar-refractivity contribution >= 4 is 29.0 Å². The van der Waals surface area contributed by atoms with Gasteiger partial charge in [-0.15, -0.1) is 0 Å². The van der Waals surface area contributed by atoms with E-state index < -0.39 is 0 Å². The molecule has 1 fully saturated rings. The number of aromatic nitrogens is 2. The number of nitrogens with zero attached hydrogens (tertiary/aromatic N) is 4. The monoisotopic (exact) mass is 426 g/mol. The molecular weight excluding hydrogens is 396 g/mol. The summed E-state index contributed by atoms with van der Waals surface area (Å²) in [4.78, 5) is 33.9. The fourth-order valence-corrected chi connectivity index (χ4v) is 3.79. The average molecular weight is 427 g/mol. The first-order valence-corrected chi connectivity index (χ1v) is 10.8. The van der Waals surface area contributed by atoms with Gasteiger partial charge in [0.05, 0.1) is 4.92 Å². The van der Waals surface area contributed by atoms with E-state index in [1.165, 1.54) is 13.0 Å². The first-order chi connectivity index (χ1) is 14.9. The van der Waals surface area contributed by atoms with Crippen LogP contribution in [0, 0.1) is 17.0 Å². The number of hydrogen-bond acceptors (Lipinski definition) is 7. The maximum absolute atomic E-state index is 11.5. The summed E-state index contributed by atoms with van der Waals surface area (Å²) >= 11 is 0. The molecular formula is C22H30N6O3. The summed E-state index contributed by atoms with van der Waals surface area (Å²) in [5.41, 5.74) is 2.16. The Labute approximate surface area is 182 Å². The summed E-state index contributed by atoms with van der Waals surface area (Å²) < 4.78 is 0. The van der Waals surface area contributed by atoms with E-state index in [0.29, 0.717) is 23.7 Å². The number of unbranched alkanes of at least 4 members (excludes halogenated alkanes) is 1. The second-order valence-corrected chi connectivity index (χ2v) is 8.01. The standard InChI is InChI=1S/C22H30N6O3/c1-4-5-7-17-13-21(27-11-6-8-19(14-27)23-16(3)29)26-22(24-17)25-18-10-9-15(2)20(12-18)28(30)31/h9-10,12-13,19H,4-8,11,14H2,1-3H3,(H,23,29)(H,24,25,26)/t19-/m1/s1. The molecule has 0 aliphatic carbocycles. The van der Waals surface area contributed by atoms with Crippen LogP contribution in [0.25, 0.3) is 0 Å². The lowest BCUT2D eigenvalue weighted by Crippen LogP contribution is -2.47. The Morgan fingerprint density at radius 2 is 2.13 bits per heavy atom. The van der Waals surface area contributed by atoms with Gasteiger partial charge in [-0.05, 0) is 38.7 Å². The fourth-order valence-electron chi connectivity index (χ4n) is 3.79. The molecule has 1 aromatic carbocycles. The Bertz CT molecular complexity index is 949. The molecule has 0 saturated carbocycles. The van der Waals surface area contributed by atoms with Gasteiger partial charge >= 0.3 is 0 Å². The number of nitro benzene ring substituents is 1. The lowest BCUT2D eigenvalue weighted by atomic mass is 10.1. The zero-order chi connectivity index (χ0) is 22.4. The van der Waals surface area contributed by atoms with Gasteiger partial charge in [-0.2, -0.15) is 4.98 Å². The van der Waals surface area contributed by atoms with Gasteiger partial charge in [0.1, 0.15) is 5.82 Å². The molecule has 2 aromatic rings. The number of amides is 1. The van der Waals surface area contributed by atoms with Crippen molar-refractivity contribution in [3.8, 4) is 0 Å². The molecule has 2 N–H and O–H groups in total. The minimum atomic E-state index is -0.389. The lowest BCUT2D eigenvalue weighted by molar-refractivity contribution is -0.385. The number of rotatable bonds is 8. The van der Waals surface area contributed by atoms with Crippen LogP contribution in [-0.4, -0.2) is 39.9 Å². The van der Waals surface area contributed by atoms with E-state index in [9.17, 15) is 14.9 Å². The molecule has 1 aromatic heterocycles. The van der Waals surface area contributed by atoms with Crippen LogP contribution in [0.5, 0.6) is 0 Å². The van der Waals surface area contributed by atoms with E-state index in [-0.39, 0.29) is 22.6 Å². The molecule has 1 aliphatic rings. The van der Waals surface area contributed by atoms with Gasteiger partial charge in [-0.1, -0.05) is 19.4 Å². The number of aryl methyl sites for hydroxylation is 2. The van der Waals surface area contributed by atoms with E-state index in [1.807, 2.05) is 6.07 Å². The van der Waals surface area contributed by atoms with Gasteiger partial charge in [0.15, 0.2) is 0 Å². The van der Waals surface area contributed by atoms with Crippen LogP contribution in [0.3, 0.4) is 0 Å². The molecule has 9 heteroatoms. The minimum Gasteiger partial charge on any atom is -0.354 e. The highest BCUT2D eigenvalue weighted by molar-refractivity contribution is 5.73. The van der Waals surface area contributed by atoms with E-state index in [0.717, 1.165) is 50.2 Å². The van der Waals surface area contributed by atoms with Gasteiger partial charge in [0.2, 0.25) is 11.9 Å². The highest BCUT2D eigenvalue weighted by atomic mass is 16.6. The molecule has 0 spiro atoms. The van der Waals surface area contributed by atoms with Gasteiger partial charge in [-0.25, -0.2) is 4.98 Å². The predicted octanol–water partition coefficient (Wildman–Crippen LogP) is 3.88. The van der Waals surface area contributed by atoms with Crippen molar-refractivity contribution in [2.24, 2.45) is 0 Å². The first-order valence-electron chi connectivity index (χ1n) is 10.8. The predicted molar refractivity (Wildman–Crippen MR) is 121 cm³/mol. The van der Waals surface area contributed by atoms with Crippen molar-refractivity contribution in [2.75, 3.05) is 23.3 Å². The van der Waals surface area contributed by atoms with Crippen molar-refractivity contribution in [1.29, 1.82) is 0 Å². The Morgan fingerprint density at radius 1 is 1.32 bits per heavy atom. The zero-order valence-electron chi connectivity index (χ0n) is 18.4. The number of nitro groups is 1. The number of piperidine rings is 1. The number of nitrogens with one attached hydrogen (secondary N) is 2. The summed E-state index contributed by atoms with van der Waals surface area (Å²) in [6.07, 6.45) is 4.81. The molecule has 1 atom stereocenters. The third kappa shape index (κ3) is 6.13. The van der Waals surface area contributed by atoms with E-state index in [4.69, 9.17) is 4.98 Å². The maximum atomic E-state index is 11.5. The number of carbonyl (C=O) groups is 1. The summed E-state index contributed by atoms with van der Waals surface area (Å²) in [6, 6.07) is 7.11. The largest absolute Gasteiger partial charge is 0.354 e. The van der Waals surface area contributed by atoms with Crippen LogP contribution >= 0.6 is 0 Å². The normalized spacial score (nSPS) is 16.1. The van der Waals surface area contributed by atoms with Gasteiger partial charge < -0.3 is 15.5 Å². The van der Waals surface area contributed by atoms with E-state index in [1.54, 1.807) is 19.1 Å². The molecule has 1 amide bonds. The molecule has 0 radical (unpaired) electrons. The average Bonchev–Trinajstić information content (AvgIpc) is 2.73. The Balaban J connectivity index is 1.87. The van der Waals surface area contributed by atoms with Crippen LogP contribution in [0.2, 0.25) is 0 Å². The van der Waals surface area contributed by atoms with Gasteiger partial charge in [-0.3, -0.25) is 14.9 Å². The maximum Gasteiger partial charge on any atom is 0.274 e. The highest BCUT2D eigenvalue weighted by Crippen LogP contribution is 2.26. The summed E-state index contributed by atoms with van der Waals surface area (Å²) in [5.74, 6) is 1.20. The molecule has 166 valence electrons. The number of carbonyl (C=O) groups excluding carboxylic acids is 1. The molecule has 0 unspecified atom stereocenters. The number of hydrogen-bond donors (Lipinski definition) is 2. The molecule has 0 bridgehead atoms. The number of benzene rings is 1.